The minimum Gasteiger partial charge on any atom is -0.376 e. The first-order valence-corrected chi connectivity index (χ1v) is 8.57. The molecule has 1 N–H and O–H groups in total. The van der Waals surface area contributed by atoms with E-state index < -0.39 is 0 Å². The van der Waals surface area contributed by atoms with E-state index in [0.717, 1.165) is 16.7 Å². The van der Waals surface area contributed by atoms with E-state index in [1.54, 1.807) is 24.5 Å². The maximum Gasteiger partial charge on any atom is 0.256 e. The summed E-state index contributed by atoms with van der Waals surface area (Å²) in [5.41, 5.74) is 4.29. The highest BCUT2D eigenvalue weighted by molar-refractivity contribution is 6.04. The number of benzene rings is 1. The van der Waals surface area contributed by atoms with Crippen LogP contribution in [0.4, 0.5) is 5.82 Å². The van der Waals surface area contributed by atoms with E-state index in [0.29, 0.717) is 36.5 Å². The van der Waals surface area contributed by atoms with Gasteiger partial charge in [-0.05, 0) is 24.1 Å². The molecule has 0 saturated heterocycles. The zero-order chi connectivity index (χ0) is 18.6. The predicted octanol–water partition coefficient (Wildman–Crippen LogP) is 3.34. The summed E-state index contributed by atoms with van der Waals surface area (Å²) in [6.45, 7) is 1.000. The first kappa shape index (κ1) is 16.9. The molecule has 0 radical (unpaired) electrons. The Hall–Kier alpha value is -3.56. The molecule has 2 aromatic heterocycles. The lowest BCUT2D eigenvalue weighted by Gasteiger charge is -2.18. The smallest absolute Gasteiger partial charge is 0.256 e. The Morgan fingerprint density at radius 1 is 1.19 bits per heavy atom. The standard InChI is InChI=1S/C21H16N4O2/c22-11-18-17-7-9-27-13-16(17)12-24-20(18)25-21(26)15-6-8-23-19(10-15)14-4-2-1-3-5-14/h1-6,8,10,12H,7,9,13H2,(H,24,25,26). The molecule has 3 aromatic rings. The van der Waals surface area contributed by atoms with Crippen molar-refractivity contribution in [2.75, 3.05) is 11.9 Å². The van der Waals surface area contributed by atoms with Crippen LogP contribution in [0.1, 0.15) is 27.0 Å². The maximum atomic E-state index is 12.7. The van der Waals surface area contributed by atoms with Crippen LogP contribution < -0.4 is 5.32 Å². The van der Waals surface area contributed by atoms with Crippen LogP contribution in [0, 0.1) is 11.3 Å². The average molecular weight is 356 g/mol. The molecule has 1 amide bonds. The van der Waals surface area contributed by atoms with E-state index >= 15 is 0 Å². The highest BCUT2D eigenvalue weighted by atomic mass is 16.5. The Labute approximate surface area is 156 Å². The number of carbonyl (C=O) groups excluding carboxylic acids is 1. The van der Waals surface area contributed by atoms with Gasteiger partial charge in [-0.2, -0.15) is 5.26 Å². The zero-order valence-electron chi connectivity index (χ0n) is 14.5. The number of nitriles is 1. The molecule has 0 spiro atoms. The van der Waals surface area contributed by atoms with Crippen molar-refractivity contribution < 1.29 is 9.53 Å². The number of rotatable bonds is 3. The topological polar surface area (TPSA) is 87.9 Å². The van der Waals surface area contributed by atoms with Gasteiger partial charge in [0.2, 0.25) is 0 Å². The van der Waals surface area contributed by atoms with Gasteiger partial charge in [-0.25, -0.2) is 4.98 Å². The summed E-state index contributed by atoms with van der Waals surface area (Å²) >= 11 is 0. The Bertz CT molecular complexity index is 1040. The molecule has 0 fully saturated rings. The molecule has 4 rings (SSSR count). The number of nitrogens with zero attached hydrogens (tertiary/aromatic N) is 3. The van der Waals surface area contributed by atoms with E-state index in [-0.39, 0.29) is 11.7 Å². The van der Waals surface area contributed by atoms with Gasteiger partial charge in [0, 0.05) is 29.1 Å². The van der Waals surface area contributed by atoms with Gasteiger partial charge >= 0.3 is 0 Å². The van der Waals surface area contributed by atoms with Crippen LogP contribution in [-0.2, 0) is 17.8 Å². The van der Waals surface area contributed by atoms with E-state index in [1.165, 1.54) is 0 Å². The number of amides is 1. The summed E-state index contributed by atoms with van der Waals surface area (Å²) in [5.74, 6) is -0.0492. The summed E-state index contributed by atoms with van der Waals surface area (Å²) < 4.78 is 5.40. The van der Waals surface area contributed by atoms with E-state index in [2.05, 4.69) is 21.4 Å². The minimum absolute atomic E-state index is 0.279. The minimum atomic E-state index is -0.328. The predicted molar refractivity (Wildman–Crippen MR) is 99.9 cm³/mol. The maximum absolute atomic E-state index is 12.7. The fourth-order valence-electron chi connectivity index (χ4n) is 3.09. The molecule has 1 aliphatic rings. The van der Waals surface area contributed by atoms with Gasteiger partial charge in [-0.1, -0.05) is 30.3 Å². The highest BCUT2D eigenvalue weighted by Gasteiger charge is 2.20. The Morgan fingerprint density at radius 2 is 2.04 bits per heavy atom. The largest absolute Gasteiger partial charge is 0.376 e. The molecule has 1 aromatic carbocycles. The molecule has 0 unspecified atom stereocenters. The Balaban J connectivity index is 1.63. The quantitative estimate of drug-likeness (QED) is 0.777. The van der Waals surface area contributed by atoms with Gasteiger partial charge in [-0.15, -0.1) is 0 Å². The normalized spacial score (nSPS) is 12.7. The fraction of sp³-hybridized carbons (Fsp3) is 0.143. The molecule has 1 aliphatic heterocycles. The molecular weight excluding hydrogens is 340 g/mol. The van der Waals surface area contributed by atoms with E-state index in [4.69, 9.17) is 4.74 Å². The monoisotopic (exact) mass is 356 g/mol. The van der Waals surface area contributed by atoms with Crippen LogP contribution in [0.2, 0.25) is 0 Å². The number of pyridine rings is 2. The average Bonchev–Trinajstić information content (AvgIpc) is 2.74. The fourth-order valence-corrected chi connectivity index (χ4v) is 3.09. The third-order valence-electron chi connectivity index (χ3n) is 4.47. The third kappa shape index (κ3) is 3.41. The van der Waals surface area contributed by atoms with Crippen molar-refractivity contribution in [3.8, 4) is 17.3 Å². The second-order valence-corrected chi connectivity index (χ2v) is 6.15. The van der Waals surface area contributed by atoms with Crippen LogP contribution in [0.3, 0.4) is 0 Å². The Morgan fingerprint density at radius 3 is 2.85 bits per heavy atom. The van der Waals surface area contributed by atoms with Crippen molar-refractivity contribution >= 4 is 11.7 Å². The molecule has 6 nitrogen and oxygen atoms in total. The second kappa shape index (κ2) is 7.36. The number of carbonyl (C=O) groups is 1. The molecule has 27 heavy (non-hydrogen) atoms. The van der Waals surface area contributed by atoms with Gasteiger partial charge in [0.25, 0.3) is 5.91 Å². The van der Waals surface area contributed by atoms with E-state index in [9.17, 15) is 10.1 Å². The number of fused-ring (bicyclic) bond motifs is 1. The van der Waals surface area contributed by atoms with Crippen molar-refractivity contribution in [2.24, 2.45) is 0 Å². The number of aromatic nitrogens is 2. The van der Waals surface area contributed by atoms with Crippen LogP contribution in [0.5, 0.6) is 0 Å². The van der Waals surface area contributed by atoms with Crippen molar-refractivity contribution in [3.63, 3.8) is 0 Å². The van der Waals surface area contributed by atoms with Crippen LogP contribution in [-0.4, -0.2) is 22.5 Å². The number of ether oxygens (including phenoxy) is 1. The van der Waals surface area contributed by atoms with Crippen LogP contribution in [0.15, 0.2) is 54.9 Å². The number of hydrogen-bond donors (Lipinski definition) is 1. The Kier molecular flexibility index (Phi) is 4.60. The molecule has 0 saturated carbocycles. The number of anilines is 1. The SMILES string of the molecule is N#Cc1c(NC(=O)c2ccnc(-c3ccccc3)c2)ncc2c1CCOC2. The molecule has 132 valence electrons. The molecular formula is C21H16N4O2. The summed E-state index contributed by atoms with van der Waals surface area (Å²) in [7, 11) is 0. The summed E-state index contributed by atoms with van der Waals surface area (Å²) in [6, 6.07) is 15.2. The lowest BCUT2D eigenvalue weighted by molar-refractivity contribution is 0.102. The van der Waals surface area contributed by atoms with Crippen molar-refractivity contribution in [1.82, 2.24) is 9.97 Å². The molecule has 6 heteroatoms. The van der Waals surface area contributed by atoms with Crippen molar-refractivity contribution in [1.29, 1.82) is 5.26 Å². The van der Waals surface area contributed by atoms with Gasteiger partial charge in [0.15, 0.2) is 5.82 Å². The molecule has 0 atom stereocenters. The van der Waals surface area contributed by atoms with Gasteiger partial charge in [0.05, 0.1) is 24.5 Å². The lowest BCUT2D eigenvalue weighted by Crippen LogP contribution is -2.18. The summed E-state index contributed by atoms with van der Waals surface area (Å²) in [6.07, 6.45) is 3.89. The highest BCUT2D eigenvalue weighted by Crippen LogP contribution is 2.25. The summed E-state index contributed by atoms with van der Waals surface area (Å²) in [4.78, 5) is 21.3. The first-order chi connectivity index (χ1) is 13.3. The number of hydrogen-bond acceptors (Lipinski definition) is 5. The van der Waals surface area contributed by atoms with Gasteiger partial charge < -0.3 is 10.1 Å². The van der Waals surface area contributed by atoms with Crippen molar-refractivity contribution in [2.45, 2.75) is 13.0 Å². The molecule has 0 bridgehead atoms. The first-order valence-electron chi connectivity index (χ1n) is 8.57. The second-order valence-electron chi connectivity index (χ2n) is 6.15. The zero-order valence-corrected chi connectivity index (χ0v) is 14.5. The number of nitrogens with one attached hydrogen (secondary N) is 1. The van der Waals surface area contributed by atoms with Crippen molar-refractivity contribution in [3.05, 3.63) is 77.1 Å². The van der Waals surface area contributed by atoms with E-state index in [1.807, 2.05) is 30.3 Å². The third-order valence-corrected chi connectivity index (χ3v) is 4.47. The van der Waals surface area contributed by atoms with Gasteiger partial charge in [-0.3, -0.25) is 9.78 Å². The van der Waals surface area contributed by atoms with Crippen LogP contribution >= 0.6 is 0 Å². The molecule has 0 aliphatic carbocycles. The lowest BCUT2D eigenvalue weighted by atomic mass is 10.00. The van der Waals surface area contributed by atoms with Crippen LogP contribution in [0.25, 0.3) is 11.3 Å². The van der Waals surface area contributed by atoms with Gasteiger partial charge in [0.1, 0.15) is 6.07 Å². The summed E-state index contributed by atoms with van der Waals surface area (Å²) in [5, 5.41) is 12.3. The molecule has 3 heterocycles.